The van der Waals surface area contributed by atoms with Gasteiger partial charge in [0.2, 0.25) is 11.7 Å². The highest BCUT2D eigenvalue weighted by Crippen LogP contribution is 2.27. The van der Waals surface area contributed by atoms with E-state index in [4.69, 9.17) is 4.52 Å². The number of alkyl halides is 3. The van der Waals surface area contributed by atoms with Gasteiger partial charge in [-0.15, -0.1) is 0 Å². The predicted molar refractivity (Wildman–Crippen MR) is 276 cm³/mol. The predicted octanol–water partition coefficient (Wildman–Crippen LogP) is 12.6. The molecule has 0 aliphatic carbocycles. The Morgan fingerprint density at radius 3 is 1.58 bits per heavy atom. The second-order valence-electron chi connectivity index (χ2n) is 15.8. The first-order chi connectivity index (χ1) is 34.1. The van der Waals surface area contributed by atoms with E-state index in [-0.39, 0.29) is 0 Å². The minimum Gasteiger partial charge on any atom is -0.453 e. The minimum absolute atomic E-state index is 0.375. The summed E-state index contributed by atoms with van der Waals surface area (Å²) in [4.78, 5) is 34.0. The normalized spacial score (nSPS) is 9.72. The Bertz CT molecular complexity index is 2780. The van der Waals surface area contributed by atoms with Gasteiger partial charge in [-0.2, -0.15) is 28.4 Å². The van der Waals surface area contributed by atoms with Crippen LogP contribution in [0.3, 0.4) is 0 Å². The van der Waals surface area contributed by atoms with E-state index in [2.05, 4.69) is 79.5 Å². The Hall–Kier alpha value is -8.41. The first-order valence-corrected chi connectivity index (χ1v) is 22.4. The summed E-state index contributed by atoms with van der Waals surface area (Å²) in [5, 5.41) is 16.9. The van der Waals surface area contributed by atoms with E-state index in [0.717, 1.165) is 40.0 Å². The third kappa shape index (κ3) is 27.0. The molecule has 0 aliphatic rings. The van der Waals surface area contributed by atoms with Gasteiger partial charge in [-0.1, -0.05) is 47.1 Å². The van der Waals surface area contributed by atoms with Gasteiger partial charge >= 0.3 is 12.3 Å². The fourth-order valence-corrected chi connectivity index (χ4v) is 5.21. The number of amides is 1. The van der Waals surface area contributed by atoms with Crippen LogP contribution < -0.4 is 5.32 Å². The molecule has 9 aromatic rings. The van der Waals surface area contributed by atoms with Crippen LogP contribution in [0.5, 0.6) is 0 Å². The number of aromatic nitrogens is 11. The van der Waals surface area contributed by atoms with Crippen LogP contribution in [-0.4, -0.2) is 68.2 Å². The Labute approximate surface area is 420 Å². The zero-order chi connectivity index (χ0) is 53.5. The zero-order valence-electron chi connectivity index (χ0n) is 43.2. The van der Waals surface area contributed by atoms with E-state index in [0.29, 0.717) is 23.2 Å². The van der Waals surface area contributed by atoms with Crippen molar-refractivity contribution in [3.05, 3.63) is 214 Å². The molecule has 0 aliphatic heterocycles. The van der Waals surface area contributed by atoms with E-state index >= 15 is 0 Å². The van der Waals surface area contributed by atoms with Crippen LogP contribution in [0.1, 0.15) is 68.0 Å². The number of carbonyl (C=O) groups excluding carboxylic acids is 1. The molecule has 380 valence electrons. The highest BCUT2D eigenvalue weighted by molar-refractivity contribution is 5.83. The SMILES string of the molecule is COC(=O)Nc1cc(C)ccn1.Cc1cc(C)n(C)n1.Cc1ccc(-c2noc(C)n2)cc1.Cc1cccc(C(F)(F)F)n1.Cc1ccccn1.Cc1ccn[nH]1.Cc1ccnc(C)c1.Cc1ccncc1. The number of rotatable bonds is 2. The summed E-state index contributed by atoms with van der Waals surface area (Å²) in [5.41, 5.74) is 10.9. The second-order valence-corrected chi connectivity index (χ2v) is 15.8. The molecule has 8 aromatic heterocycles. The molecule has 15 nitrogen and oxygen atoms in total. The molecule has 1 amide bonds. The number of aromatic amines is 1. The van der Waals surface area contributed by atoms with E-state index < -0.39 is 18.0 Å². The van der Waals surface area contributed by atoms with Gasteiger partial charge in [0.25, 0.3) is 0 Å². The van der Waals surface area contributed by atoms with Crippen LogP contribution in [0, 0.1) is 76.2 Å². The summed E-state index contributed by atoms with van der Waals surface area (Å²) in [7, 11) is 3.26. The van der Waals surface area contributed by atoms with Gasteiger partial charge in [-0.3, -0.25) is 30.0 Å². The lowest BCUT2D eigenvalue weighted by atomic mass is 10.1. The maximum atomic E-state index is 11.9. The average molecular weight is 987 g/mol. The van der Waals surface area contributed by atoms with Crippen molar-refractivity contribution >= 4 is 11.9 Å². The third-order valence-electron chi connectivity index (χ3n) is 8.93. The Kier molecular flexibility index (Phi) is 26.9. The summed E-state index contributed by atoms with van der Waals surface area (Å²) in [6.07, 6.45) is 5.71. The molecule has 8 heterocycles. The lowest BCUT2D eigenvalue weighted by molar-refractivity contribution is -0.141. The van der Waals surface area contributed by atoms with Crippen LogP contribution in [0.4, 0.5) is 23.8 Å². The van der Waals surface area contributed by atoms with E-state index in [1.54, 1.807) is 44.0 Å². The minimum atomic E-state index is -4.33. The molecule has 1 aromatic carbocycles. The van der Waals surface area contributed by atoms with Crippen LogP contribution in [0.2, 0.25) is 0 Å². The molecule has 0 radical (unpaired) electrons. The maximum absolute atomic E-state index is 11.9. The molecule has 0 unspecified atom stereocenters. The van der Waals surface area contributed by atoms with Crippen molar-refractivity contribution in [1.29, 1.82) is 0 Å². The van der Waals surface area contributed by atoms with Gasteiger partial charge in [0.05, 0.1) is 12.8 Å². The number of halogens is 3. The van der Waals surface area contributed by atoms with Gasteiger partial charge in [0.15, 0.2) is 0 Å². The number of hydrogen-bond acceptors (Lipinski definition) is 12. The lowest BCUT2D eigenvalue weighted by Gasteiger charge is -2.04. The van der Waals surface area contributed by atoms with E-state index in [9.17, 15) is 18.0 Å². The smallest absolute Gasteiger partial charge is 0.433 e. The average Bonchev–Trinajstić information content (AvgIpc) is 4.08. The van der Waals surface area contributed by atoms with Crippen molar-refractivity contribution in [2.75, 3.05) is 12.4 Å². The van der Waals surface area contributed by atoms with Gasteiger partial charge in [-0.25, -0.2) is 14.8 Å². The van der Waals surface area contributed by atoms with Crippen LogP contribution in [-0.2, 0) is 18.0 Å². The molecular weight excluding hydrogens is 922 g/mol. The summed E-state index contributed by atoms with van der Waals surface area (Å²) in [5.74, 6) is 1.75. The highest BCUT2D eigenvalue weighted by atomic mass is 19.4. The maximum Gasteiger partial charge on any atom is 0.433 e. The van der Waals surface area contributed by atoms with E-state index in [1.165, 1.54) is 48.6 Å². The fourth-order valence-electron chi connectivity index (χ4n) is 5.21. The van der Waals surface area contributed by atoms with Crippen LogP contribution >= 0.6 is 0 Å². The molecule has 18 heteroatoms. The number of methoxy groups -OCH3 is 1. The number of anilines is 1. The molecule has 0 bridgehead atoms. The summed E-state index contributed by atoms with van der Waals surface area (Å²) >= 11 is 0. The van der Waals surface area contributed by atoms with Crippen molar-refractivity contribution in [3.8, 4) is 11.4 Å². The number of nitrogens with zero attached hydrogens (tertiary/aromatic N) is 10. The molecule has 0 saturated heterocycles. The van der Waals surface area contributed by atoms with Gasteiger partial charge in [0.1, 0.15) is 11.5 Å². The number of H-pyrrole nitrogens is 1. The molecule has 0 atom stereocenters. The van der Waals surface area contributed by atoms with Gasteiger partial charge in [-0.05, 0) is 159 Å². The van der Waals surface area contributed by atoms with E-state index in [1.807, 2.05) is 146 Å². The summed E-state index contributed by atoms with van der Waals surface area (Å²) in [6.45, 7) is 21.3. The first kappa shape index (κ1) is 59.7. The molecule has 9 rings (SSSR count). The van der Waals surface area contributed by atoms with Crippen molar-refractivity contribution < 1.29 is 27.2 Å². The summed E-state index contributed by atoms with van der Waals surface area (Å²) < 4.78 is 46.9. The number of aryl methyl sites for hydroxylation is 12. The Balaban J connectivity index is 0.000000286. The zero-order valence-corrected chi connectivity index (χ0v) is 43.2. The van der Waals surface area contributed by atoms with Crippen molar-refractivity contribution in [2.45, 2.75) is 82.3 Å². The van der Waals surface area contributed by atoms with Crippen molar-refractivity contribution in [2.24, 2.45) is 7.05 Å². The van der Waals surface area contributed by atoms with Gasteiger partial charge < -0.3 is 9.26 Å². The largest absolute Gasteiger partial charge is 0.453 e. The Morgan fingerprint density at radius 2 is 1.22 bits per heavy atom. The van der Waals surface area contributed by atoms with Crippen molar-refractivity contribution in [1.82, 2.24) is 55.0 Å². The highest BCUT2D eigenvalue weighted by Gasteiger charge is 2.32. The quantitative estimate of drug-likeness (QED) is 0.167. The monoisotopic (exact) mass is 987 g/mol. The number of pyridine rings is 5. The molecular formula is C54H65F3N12O3. The number of benzene rings is 1. The number of nitrogens with one attached hydrogen (secondary N) is 2. The molecule has 0 fully saturated rings. The van der Waals surface area contributed by atoms with Crippen molar-refractivity contribution in [3.63, 3.8) is 0 Å². The Morgan fingerprint density at radius 1 is 0.611 bits per heavy atom. The molecule has 72 heavy (non-hydrogen) atoms. The fraction of sp³-hybridized carbons (Fsp3) is 0.259. The molecule has 0 saturated carbocycles. The second kappa shape index (κ2) is 32.4. The standard InChI is InChI=1S/C10H10N2O.C8H10N2O2.C7H6F3N.C7H9N.C6H10N2.2C6H7N.C4H6N2/c1-7-3-5-9(6-4-7)10-11-8(2)13-12-10;1-6-3-4-9-7(5-6)10-8(11)12-2;1-5-3-2-4-6(11-5)7(8,9)10;1-6-3-4-8-7(2)5-6;1-5-4-6(2)8(3)7-5;1-6-2-4-7-5-3-6;1-6-4-2-3-5-7-6;1-4-2-3-5-6-4/h3-6H,1-2H3;3-5H,1-2H3,(H,9,10,11);2-4H,1H3;3-5H,1-2H3;4H,1-3H3;2*2-5H,1H3;2-3H,1H3,(H,5,6). The van der Waals surface area contributed by atoms with Gasteiger partial charge in [0, 0.05) is 85.2 Å². The number of hydrogen-bond donors (Lipinski definition) is 2. The van der Waals surface area contributed by atoms with Crippen LogP contribution in [0.25, 0.3) is 11.4 Å². The molecule has 2 N–H and O–H groups in total. The molecule has 0 spiro atoms. The van der Waals surface area contributed by atoms with Crippen LogP contribution in [0.15, 0.2) is 151 Å². The number of ether oxygens (including phenoxy) is 1. The lowest BCUT2D eigenvalue weighted by Crippen LogP contribution is -2.11. The third-order valence-corrected chi connectivity index (χ3v) is 8.93. The first-order valence-electron chi connectivity index (χ1n) is 22.4. The topological polar surface area (TPSA) is 188 Å². The summed E-state index contributed by atoms with van der Waals surface area (Å²) in [6, 6.07) is 33.3. The number of carbonyl (C=O) groups is 1.